The Kier molecular flexibility index (Phi) is 5.91. The highest BCUT2D eigenvalue weighted by molar-refractivity contribution is 5.80. The zero-order valence-corrected chi connectivity index (χ0v) is 15.5. The first-order valence-corrected chi connectivity index (χ1v) is 9.15. The van der Waals surface area contributed by atoms with Crippen LogP contribution in [0.5, 0.6) is 5.75 Å². The van der Waals surface area contributed by atoms with Crippen LogP contribution in [-0.4, -0.2) is 18.6 Å². The van der Waals surface area contributed by atoms with E-state index >= 15 is 0 Å². The molecule has 0 spiro atoms. The molecule has 2 aromatic rings. The average Bonchev–Trinajstić information content (AvgIpc) is 3.12. The molecule has 0 radical (unpaired) electrons. The van der Waals surface area contributed by atoms with Crippen molar-refractivity contribution in [2.24, 2.45) is 5.92 Å². The summed E-state index contributed by atoms with van der Waals surface area (Å²) in [4.78, 5) is 12.8. The number of hydrogen-bond acceptors (Lipinski definition) is 4. The lowest BCUT2D eigenvalue weighted by Gasteiger charge is -2.21. The van der Waals surface area contributed by atoms with E-state index < -0.39 is 0 Å². The molecule has 0 aromatic heterocycles. The monoisotopic (exact) mass is 353 g/mol. The summed E-state index contributed by atoms with van der Waals surface area (Å²) >= 11 is 0. The second kappa shape index (κ2) is 8.34. The molecule has 3 rings (SSSR count). The van der Waals surface area contributed by atoms with Gasteiger partial charge in [-0.05, 0) is 44.0 Å². The van der Waals surface area contributed by atoms with E-state index in [1.54, 1.807) is 0 Å². The van der Waals surface area contributed by atoms with Crippen LogP contribution in [0.15, 0.2) is 54.6 Å². The number of ether oxygens (including phenoxy) is 1. The summed E-state index contributed by atoms with van der Waals surface area (Å²) in [6, 6.07) is 17.9. The quantitative estimate of drug-likeness (QED) is 0.747. The molecule has 1 heterocycles. The number of nitrogens with one attached hydrogen (secondary N) is 3. The summed E-state index contributed by atoms with van der Waals surface area (Å²) < 4.78 is 5.67. The third kappa shape index (κ3) is 4.42. The molecule has 1 amide bonds. The van der Waals surface area contributed by atoms with Crippen LogP contribution < -0.4 is 20.9 Å². The summed E-state index contributed by atoms with van der Waals surface area (Å²) in [6.45, 7) is 6.62. The van der Waals surface area contributed by atoms with E-state index in [1.165, 1.54) is 0 Å². The maximum absolute atomic E-state index is 12.8. The maximum Gasteiger partial charge on any atom is 0.226 e. The van der Waals surface area contributed by atoms with Crippen molar-refractivity contribution >= 4 is 5.91 Å². The Balaban J connectivity index is 1.63. The second-order valence-corrected chi connectivity index (χ2v) is 6.99. The number of benzene rings is 2. The van der Waals surface area contributed by atoms with Crippen LogP contribution >= 0.6 is 0 Å². The van der Waals surface area contributed by atoms with Gasteiger partial charge >= 0.3 is 0 Å². The van der Waals surface area contributed by atoms with E-state index in [0.717, 1.165) is 16.9 Å². The Hall–Kier alpha value is -2.37. The van der Waals surface area contributed by atoms with Gasteiger partial charge in [0.1, 0.15) is 5.75 Å². The number of amides is 1. The molecule has 3 atom stereocenters. The van der Waals surface area contributed by atoms with Crippen molar-refractivity contribution in [2.45, 2.75) is 39.0 Å². The van der Waals surface area contributed by atoms with E-state index in [1.807, 2.05) is 75.4 Å². The van der Waals surface area contributed by atoms with Crippen LogP contribution in [0, 0.1) is 5.92 Å². The minimum absolute atomic E-state index is 0.0229. The Morgan fingerprint density at radius 3 is 2.42 bits per heavy atom. The van der Waals surface area contributed by atoms with Crippen LogP contribution in [0.2, 0.25) is 0 Å². The predicted octanol–water partition coefficient (Wildman–Crippen LogP) is 3.12. The summed E-state index contributed by atoms with van der Waals surface area (Å²) in [7, 11) is 0. The summed E-state index contributed by atoms with van der Waals surface area (Å²) in [5, 5.41) is 3.14. The van der Waals surface area contributed by atoms with Crippen LogP contribution in [-0.2, 0) is 4.79 Å². The number of carbonyl (C=O) groups is 1. The third-order valence-corrected chi connectivity index (χ3v) is 4.59. The van der Waals surface area contributed by atoms with Gasteiger partial charge in [-0.15, -0.1) is 0 Å². The molecule has 3 N–H and O–H groups in total. The Morgan fingerprint density at radius 1 is 1.08 bits per heavy atom. The van der Waals surface area contributed by atoms with E-state index in [9.17, 15) is 4.79 Å². The highest BCUT2D eigenvalue weighted by atomic mass is 16.5. The second-order valence-electron chi connectivity index (χ2n) is 6.99. The van der Waals surface area contributed by atoms with Crippen LogP contribution in [0.3, 0.4) is 0 Å². The normalized spacial score (nSPS) is 20.8. The van der Waals surface area contributed by atoms with Gasteiger partial charge in [0.15, 0.2) is 0 Å². The van der Waals surface area contributed by atoms with Gasteiger partial charge < -0.3 is 10.1 Å². The fourth-order valence-electron chi connectivity index (χ4n) is 3.23. The predicted molar refractivity (Wildman–Crippen MR) is 103 cm³/mol. The van der Waals surface area contributed by atoms with Gasteiger partial charge in [0.2, 0.25) is 5.91 Å². The molecule has 0 saturated carbocycles. The topological polar surface area (TPSA) is 62.4 Å². The minimum Gasteiger partial charge on any atom is -0.491 e. The van der Waals surface area contributed by atoms with Crippen molar-refractivity contribution in [2.75, 3.05) is 6.54 Å². The molecule has 1 aliphatic heterocycles. The molecule has 0 bridgehead atoms. The summed E-state index contributed by atoms with van der Waals surface area (Å²) in [5.41, 5.74) is 8.50. The highest BCUT2D eigenvalue weighted by Gasteiger charge is 2.34. The highest BCUT2D eigenvalue weighted by Crippen LogP contribution is 2.26. The molecule has 26 heavy (non-hydrogen) atoms. The SMILES string of the molecule is CC(C)Oc1ccc(C(C)NC(=O)C2CNNC2c2ccccc2)cc1. The lowest BCUT2D eigenvalue weighted by atomic mass is 9.93. The molecule has 5 heteroatoms. The number of hydrogen-bond donors (Lipinski definition) is 3. The number of carbonyl (C=O) groups excluding carboxylic acids is 1. The maximum atomic E-state index is 12.8. The zero-order valence-electron chi connectivity index (χ0n) is 15.5. The summed E-state index contributed by atoms with van der Waals surface area (Å²) in [5.74, 6) is 0.741. The molecule has 3 unspecified atom stereocenters. The molecule has 2 aromatic carbocycles. The molecular formula is C21H27N3O2. The van der Waals surface area contributed by atoms with Crippen molar-refractivity contribution in [1.82, 2.24) is 16.2 Å². The minimum atomic E-state index is -0.150. The lowest BCUT2D eigenvalue weighted by molar-refractivity contribution is -0.125. The van der Waals surface area contributed by atoms with Gasteiger partial charge in [0.25, 0.3) is 0 Å². The van der Waals surface area contributed by atoms with Crippen molar-refractivity contribution in [3.63, 3.8) is 0 Å². The smallest absolute Gasteiger partial charge is 0.226 e. The molecule has 1 saturated heterocycles. The first kappa shape index (κ1) is 18.4. The van der Waals surface area contributed by atoms with Gasteiger partial charge in [0, 0.05) is 6.54 Å². The van der Waals surface area contributed by atoms with Crippen LogP contribution in [0.4, 0.5) is 0 Å². The van der Waals surface area contributed by atoms with Crippen molar-refractivity contribution in [1.29, 1.82) is 0 Å². The molecule has 138 valence electrons. The molecule has 5 nitrogen and oxygen atoms in total. The van der Waals surface area contributed by atoms with Gasteiger partial charge in [-0.25, -0.2) is 5.43 Å². The molecule has 1 aliphatic rings. The van der Waals surface area contributed by atoms with Crippen molar-refractivity contribution in [3.05, 3.63) is 65.7 Å². The molecular weight excluding hydrogens is 326 g/mol. The largest absolute Gasteiger partial charge is 0.491 e. The van der Waals surface area contributed by atoms with Crippen LogP contribution in [0.1, 0.15) is 44.0 Å². The van der Waals surface area contributed by atoms with Gasteiger partial charge in [-0.2, -0.15) is 0 Å². The van der Waals surface area contributed by atoms with E-state index in [2.05, 4.69) is 16.2 Å². The average molecular weight is 353 g/mol. The molecule has 0 aliphatic carbocycles. The Labute approximate surface area is 155 Å². The third-order valence-electron chi connectivity index (χ3n) is 4.59. The fraction of sp³-hybridized carbons (Fsp3) is 0.381. The fourth-order valence-corrected chi connectivity index (χ4v) is 3.23. The molecule has 1 fully saturated rings. The van der Waals surface area contributed by atoms with E-state index in [0.29, 0.717) is 6.54 Å². The number of rotatable bonds is 6. The van der Waals surface area contributed by atoms with Gasteiger partial charge in [-0.3, -0.25) is 10.2 Å². The number of hydrazine groups is 1. The van der Waals surface area contributed by atoms with Gasteiger partial charge in [0.05, 0.1) is 24.1 Å². The van der Waals surface area contributed by atoms with E-state index in [-0.39, 0.29) is 30.0 Å². The summed E-state index contributed by atoms with van der Waals surface area (Å²) in [6.07, 6.45) is 0.148. The zero-order chi connectivity index (χ0) is 18.5. The first-order chi connectivity index (χ1) is 12.5. The van der Waals surface area contributed by atoms with Crippen LogP contribution in [0.25, 0.3) is 0 Å². The van der Waals surface area contributed by atoms with Crippen molar-refractivity contribution < 1.29 is 9.53 Å². The van der Waals surface area contributed by atoms with Crippen molar-refractivity contribution in [3.8, 4) is 5.75 Å². The van der Waals surface area contributed by atoms with E-state index in [4.69, 9.17) is 4.74 Å². The van der Waals surface area contributed by atoms with Gasteiger partial charge in [-0.1, -0.05) is 42.5 Å². The standard InChI is InChI=1S/C21H27N3O2/c1-14(2)26-18-11-9-16(10-12-18)15(3)23-21(25)19-13-22-24-20(19)17-7-5-4-6-8-17/h4-12,14-15,19-20,22,24H,13H2,1-3H3,(H,23,25). The Bertz CT molecular complexity index is 716. The lowest BCUT2D eigenvalue weighted by Crippen LogP contribution is -2.36. The first-order valence-electron chi connectivity index (χ1n) is 9.15. The Morgan fingerprint density at radius 2 is 1.77 bits per heavy atom.